The maximum Gasteiger partial charge on any atom is 0.217 e. The van der Waals surface area contributed by atoms with Crippen molar-refractivity contribution >= 4 is 11.5 Å². The van der Waals surface area contributed by atoms with Gasteiger partial charge in [0, 0.05) is 31.2 Å². The Morgan fingerprint density at radius 2 is 2.07 bits per heavy atom. The predicted molar refractivity (Wildman–Crippen MR) is 161 cm³/mol. The first kappa shape index (κ1) is 30.4. The molecule has 10 heteroatoms. The lowest BCUT2D eigenvalue weighted by Crippen LogP contribution is -2.41. The standard InChI is InChI=1S/C32H46N6O4/c1-21(9-7-16-34-3)22(2)41-28-19-26(25(33)13-17-35-20-23-10-8-18-40-23)36-31(37-28)29-24-11-6-15-32(30(24)42-38-29)14-5-4-12-27(32)39/h13,17,19,21-23,33-35H,4-12,14-16,18,20H2,1-3H3/b17-13-,33-25?/t21-,22-,23-,32+/m0/s1. The van der Waals surface area contributed by atoms with E-state index in [4.69, 9.17) is 29.4 Å². The highest BCUT2D eigenvalue weighted by molar-refractivity contribution is 6.05. The lowest BCUT2D eigenvalue weighted by molar-refractivity contribution is -0.128. The van der Waals surface area contributed by atoms with Crippen LogP contribution in [0.4, 0.5) is 0 Å². The molecule has 1 spiro atoms. The molecular formula is C32H46N6O4. The van der Waals surface area contributed by atoms with Crippen LogP contribution in [0.1, 0.15) is 95.1 Å². The van der Waals surface area contributed by atoms with Gasteiger partial charge in [0.2, 0.25) is 5.88 Å². The molecular weight excluding hydrogens is 532 g/mol. The van der Waals surface area contributed by atoms with E-state index in [1.165, 1.54) is 0 Å². The van der Waals surface area contributed by atoms with Crippen molar-refractivity contribution in [1.29, 1.82) is 5.41 Å². The number of nitrogens with zero attached hydrogens (tertiary/aromatic N) is 3. The largest absolute Gasteiger partial charge is 0.474 e. The zero-order valence-electron chi connectivity index (χ0n) is 25.3. The van der Waals surface area contributed by atoms with Gasteiger partial charge >= 0.3 is 0 Å². The van der Waals surface area contributed by atoms with Crippen LogP contribution in [0.2, 0.25) is 0 Å². The Morgan fingerprint density at radius 3 is 2.86 bits per heavy atom. The zero-order valence-corrected chi connectivity index (χ0v) is 25.3. The number of carbonyl (C=O) groups excluding carboxylic acids is 1. The van der Waals surface area contributed by atoms with Gasteiger partial charge in [0.25, 0.3) is 0 Å². The molecule has 10 nitrogen and oxygen atoms in total. The molecule has 2 aromatic rings. The van der Waals surface area contributed by atoms with Crippen LogP contribution in [0.3, 0.4) is 0 Å². The fourth-order valence-corrected chi connectivity index (χ4v) is 6.47. The highest BCUT2D eigenvalue weighted by Crippen LogP contribution is 2.47. The minimum atomic E-state index is -0.574. The molecule has 3 heterocycles. The molecule has 4 atom stereocenters. The molecule has 2 aromatic heterocycles. The summed E-state index contributed by atoms with van der Waals surface area (Å²) >= 11 is 0. The van der Waals surface area contributed by atoms with Gasteiger partial charge in [0.15, 0.2) is 17.3 Å². The molecule has 0 amide bonds. The van der Waals surface area contributed by atoms with E-state index in [9.17, 15) is 4.79 Å². The number of nitrogens with one attached hydrogen (secondary N) is 3. The van der Waals surface area contributed by atoms with Crippen molar-refractivity contribution in [3.63, 3.8) is 0 Å². The number of fused-ring (bicyclic) bond motifs is 2. The van der Waals surface area contributed by atoms with Gasteiger partial charge in [-0.2, -0.15) is 4.98 Å². The Labute approximate surface area is 248 Å². The smallest absolute Gasteiger partial charge is 0.217 e. The molecule has 1 saturated carbocycles. The Kier molecular flexibility index (Phi) is 10.1. The van der Waals surface area contributed by atoms with E-state index >= 15 is 0 Å². The van der Waals surface area contributed by atoms with Crippen LogP contribution < -0.4 is 15.4 Å². The van der Waals surface area contributed by atoms with Crippen molar-refractivity contribution in [2.45, 2.75) is 102 Å². The van der Waals surface area contributed by atoms with Gasteiger partial charge in [-0.3, -0.25) is 10.2 Å². The van der Waals surface area contributed by atoms with Crippen molar-refractivity contribution in [2.24, 2.45) is 5.92 Å². The van der Waals surface area contributed by atoms with E-state index < -0.39 is 5.41 Å². The van der Waals surface area contributed by atoms with Crippen molar-refractivity contribution in [1.82, 2.24) is 25.8 Å². The van der Waals surface area contributed by atoms with Gasteiger partial charge < -0.3 is 24.6 Å². The number of rotatable bonds is 13. The number of carbonyl (C=O) groups is 1. The van der Waals surface area contributed by atoms with Crippen molar-refractivity contribution in [3.8, 4) is 17.4 Å². The molecule has 5 rings (SSSR count). The first-order valence-electron chi connectivity index (χ1n) is 15.7. The summed E-state index contributed by atoms with van der Waals surface area (Å²) in [6.07, 6.45) is 13.6. The summed E-state index contributed by atoms with van der Waals surface area (Å²) in [5.74, 6) is 2.06. The van der Waals surface area contributed by atoms with Gasteiger partial charge in [-0.25, -0.2) is 4.98 Å². The van der Waals surface area contributed by atoms with Gasteiger partial charge in [-0.05, 0) is 96.5 Å². The molecule has 42 heavy (non-hydrogen) atoms. The number of allylic oxidation sites excluding steroid dienone is 1. The number of hydrogen-bond acceptors (Lipinski definition) is 10. The average Bonchev–Trinajstić information content (AvgIpc) is 3.68. The van der Waals surface area contributed by atoms with Gasteiger partial charge in [-0.1, -0.05) is 18.5 Å². The summed E-state index contributed by atoms with van der Waals surface area (Å²) in [5, 5.41) is 19.7. The third kappa shape index (κ3) is 6.75. The number of aromatic nitrogens is 3. The number of Topliss-reactive ketones (excluding diaryl/α,β-unsaturated/α-hetero) is 1. The molecule has 0 bridgehead atoms. The molecule has 1 saturated heterocycles. The normalized spacial score (nSPS) is 23.7. The van der Waals surface area contributed by atoms with Gasteiger partial charge in [0.05, 0.1) is 22.9 Å². The van der Waals surface area contributed by atoms with Crippen LogP contribution in [0.15, 0.2) is 22.9 Å². The zero-order chi connectivity index (χ0) is 29.5. The molecule has 0 radical (unpaired) electrons. The highest BCUT2D eigenvalue weighted by atomic mass is 16.5. The quantitative estimate of drug-likeness (QED) is 0.224. The topological polar surface area (TPSA) is 135 Å². The third-order valence-electron chi connectivity index (χ3n) is 9.17. The fourth-order valence-electron chi connectivity index (χ4n) is 6.47. The highest BCUT2D eigenvalue weighted by Gasteiger charge is 2.48. The van der Waals surface area contributed by atoms with Crippen LogP contribution in [0, 0.1) is 11.3 Å². The second-order valence-corrected chi connectivity index (χ2v) is 12.2. The Balaban J connectivity index is 1.42. The van der Waals surface area contributed by atoms with Crippen LogP contribution in [-0.2, 0) is 21.4 Å². The van der Waals surface area contributed by atoms with E-state index in [2.05, 4.69) is 29.6 Å². The van der Waals surface area contributed by atoms with Crippen LogP contribution in [-0.4, -0.2) is 65.6 Å². The fraction of sp³-hybridized carbons (Fsp3) is 0.656. The molecule has 0 unspecified atom stereocenters. The minimum absolute atomic E-state index is 0.0791. The van der Waals surface area contributed by atoms with E-state index in [0.717, 1.165) is 82.9 Å². The average molecular weight is 579 g/mol. The maximum atomic E-state index is 13.2. The lowest BCUT2D eigenvalue weighted by Gasteiger charge is -2.36. The summed E-state index contributed by atoms with van der Waals surface area (Å²) in [7, 11) is 1.96. The predicted octanol–water partition coefficient (Wildman–Crippen LogP) is 4.90. The van der Waals surface area contributed by atoms with Crippen molar-refractivity contribution in [2.75, 3.05) is 26.7 Å². The second-order valence-electron chi connectivity index (χ2n) is 12.2. The summed E-state index contributed by atoms with van der Waals surface area (Å²) in [4.78, 5) is 22.7. The maximum absolute atomic E-state index is 13.2. The SMILES string of the molecule is CNCCC[C@H](C)[C@H](C)Oc1cc(C(=N)/C=C\NC[C@@H]2CCCO2)nc(-c2noc3c2CCC[C@@]32CCCCC2=O)n1. The molecule has 3 aliphatic rings. The lowest BCUT2D eigenvalue weighted by atomic mass is 9.64. The van der Waals surface area contributed by atoms with Crippen LogP contribution in [0.25, 0.3) is 11.5 Å². The van der Waals surface area contributed by atoms with E-state index in [-0.39, 0.29) is 23.7 Å². The summed E-state index contributed by atoms with van der Waals surface area (Å²) in [6.45, 7) is 6.72. The monoisotopic (exact) mass is 578 g/mol. The number of ether oxygens (including phenoxy) is 2. The molecule has 2 fully saturated rings. The molecule has 228 valence electrons. The summed E-state index contributed by atoms with van der Waals surface area (Å²) in [5.41, 5.74) is 1.58. The van der Waals surface area contributed by atoms with E-state index in [1.54, 1.807) is 18.3 Å². The van der Waals surface area contributed by atoms with Gasteiger partial charge in [-0.15, -0.1) is 0 Å². The first-order chi connectivity index (χ1) is 20.4. The summed E-state index contributed by atoms with van der Waals surface area (Å²) < 4.78 is 18.0. The van der Waals surface area contributed by atoms with Crippen molar-refractivity contribution in [3.05, 3.63) is 35.4 Å². The van der Waals surface area contributed by atoms with Crippen molar-refractivity contribution < 1.29 is 18.8 Å². The summed E-state index contributed by atoms with van der Waals surface area (Å²) in [6, 6.07) is 1.73. The van der Waals surface area contributed by atoms with E-state index in [0.29, 0.717) is 47.7 Å². The second kappa shape index (κ2) is 13.9. The Bertz CT molecular complexity index is 1270. The number of ketones is 1. The molecule has 3 N–H and O–H groups in total. The third-order valence-corrected chi connectivity index (χ3v) is 9.17. The Morgan fingerprint density at radius 1 is 1.21 bits per heavy atom. The van der Waals surface area contributed by atoms with Crippen LogP contribution >= 0.6 is 0 Å². The van der Waals surface area contributed by atoms with Crippen LogP contribution in [0.5, 0.6) is 5.88 Å². The number of hydrogen-bond donors (Lipinski definition) is 3. The minimum Gasteiger partial charge on any atom is -0.474 e. The van der Waals surface area contributed by atoms with Gasteiger partial charge in [0.1, 0.15) is 11.9 Å². The first-order valence-corrected chi connectivity index (χ1v) is 15.7. The van der Waals surface area contributed by atoms with E-state index in [1.807, 2.05) is 7.05 Å². The molecule has 2 aliphatic carbocycles. The molecule has 1 aliphatic heterocycles. The molecule has 0 aromatic carbocycles. The Hall–Kier alpha value is -3.11.